The Morgan fingerprint density at radius 1 is 0.628 bits per heavy atom. The molecule has 0 saturated heterocycles. The van der Waals surface area contributed by atoms with Crippen molar-refractivity contribution in [2.24, 2.45) is 5.73 Å². The molecule has 11 heteroatoms. The highest BCUT2D eigenvalue weighted by molar-refractivity contribution is 7.47. The lowest BCUT2D eigenvalue weighted by Gasteiger charge is -2.16. The van der Waals surface area contributed by atoms with Crippen LogP contribution in [0.1, 0.15) is 161 Å². The van der Waals surface area contributed by atoms with Crippen LogP contribution in [-0.2, 0) is 27.9 Å². The van der Waals surface area contributed by atoms with E-state index in [0.717, 1.165) is 12.8 Å². The Balaban J connectivity index is 3.40. The lowest BCUT2D eigenvalue weighted by molar-refractivity contribution is -0.147. The van der Waals surface area contributed by atoms with Crippen LogP contribution in [0.3, 0.4) is 0 Å². The van der Waals surface area contributed by atoms with Crippen molar-refractivity contribution in [1.29, 1.82) is 0 Å². The van der Waals surface area contributed by atoms with Crippen LogP contribution in [0.15, 0.2) is 0 Å². The SMILES string of the molecule is CCCCCCCCCCCCCCCCCCCCCCCCCC(=O)OCC(O)COP(=O)(O)OCC(N)C(=O)O. The molecule has 0 fully saturated rings. The average Bonchev–Trinajstić information content (AvgIpc) is 2.98. The summed E-state index contributed by atoms with van der Waals surface area (Å²) in [6.07, 6.45) is 29.1. The largest absolute Gasteiger partial charge is 0.480 e. The number of phosphoric ester groups is 1. The molecule has 0 aromatic rings. The number of hydrogen-bond acceptors (Lipinski definition) is 8. The molecule has 0 aliphatic carbocycles. The van der Waals surface area contributed by atoms with Gasteiger partial charge < -0.3 is 25.6 Å². The fraction of sp³-hybridized carbons (Fsp3) is 0.938. The molecule has 0 aliphatic rings. The van der Waals surface area contributed by atoms with E-state index in [0.29, 0.717) is 6.42 Å². The summed E-state index contributed by atoms with van der Waals surface area (Å²) < 4.78 is 25.6. The summed E-state index contributed by atoms with van der Waals surface area (Å²) in [5, 5.41) is 18.4. The zero-order chi connectivity index (χ0) is 32.0. The Morgan fingerprint density at radius 2 is 0.977 bits per heavy atom. The van der Waals surface area contributed by atoms with Gasteiger partial charge in [0.2, 0.25) is 0 Å². The van der Waals surface area contributed by atoms with Crippen LogP contribution in [-0.4, -0.2) is 59.0 Å². The lowest BCUT2D eigenvalue weighted by Crippen LogP contribution is -2.34. The number of hydrogen-bond donors (Lipinski definition) is 4. The van der Waals surface area contributed by atoms with E-state index >= 15 is 0 Å². The third-order valence-electron chi connectivity index (χ3n) is 7.59. The van der Waals surface area contributed by atoms with Crippen molar-refractivity contribution in [3.63, 3.8) is 0 Å². The Bertz CT molecular complexity index is 710. The minimum atomic E-state index is -4.58. The predicted octanol–water partition coefficient (Wildman–Crippen LogP) is 7.82. The monoisotopic (exact) mass is 637 g/mol. The summed E-state index contributed by atoms with van der Waals surface area (Å²) in [7, 11) is -4.58. The van der Waals surface area contributed by atoms with E-state index in [1.54, 1.807) is 0 Å². The summed E-state index contributed by atoms with van der Waals surface area (Å²) in [6.45, 7) is 0.542. The number of carbonyl (C=O) groups excluding carboxylic acids is 1. The molecule has 0 heterocycles. The molecular weight excluding hydrogens is 573 g/mol. The highest BCUT2D eigenvalue weighted by Gasteiger charge is 2.26. The fourth-order valence-corrected chi connectivity index (χ4v) is 5.61. The molecule has 0 bridgehead atoms. The molecule has 0 aromatic heterocycles. The van der Waals surface area contributed by atoms with Crippen molar-refractivity contribution in [2.75, 3.05) is 19.8 Å². The molecule has 43 heavy (non-hydrogen) atoms. The van der Waals surface area contributed by atoms with Gasteiger partial charge in [0.1, 0.15) is 18.8 Å². The molecule has 5 N–H and O–H groups in total. The number of carbonyl (C=O) groups is 2. The van der Waals surface area contributed by atoms with Gasteiger partial charge in [-0.25, -0.2) is 4.57 Å². The van der Waals surface area contributed by atoms with E-state index in [2.05, 4.69) is 16.0 Å². The van der Waals surface area contributed by atoms with Crippen molar-refractivity contribution < 1.29 is 43.0 Å². The number of aliphatic carboxylic acids is 1. The van der Waals surface area contributed by atoms with Crippen molar-refractivity contribution in [3.8, 4) is 0 Å². The highest BCUT2D eigenvalue weighted by atomic mass is 31.2. The summed E-state index contributed by atoms with van der Waals surface area (Å²) in [6, 6.07) is -1.48. The van der Waals surface area contributed by atoms with Gasteiger partial charge in [-0.1, -0.05) is 148 Å². The quantitative estimate of drug-likeness (QED) is 0.0316. The van der Waals surface area contributed by atoms with Gasteiger partial charge in [0, 0.05) is 6.42 Å². The van der Waals surface area contributed by atoms with Gasteiger partial charge in [0.15, 0.2) is 0 Å². The number of unbranched alkanes of at least 4 members (excludes halogenated alkanes) is 22. The Morgan fingerprint density at radius 3 is 1.35 bits per heavy atom. The van der Waals surface area contributed by atoms with E-state index in [1.807, 2.05) is 0 Å². The first-order valence-electron chi connectivity index (χ1n) is 17.1. The van der Waals surface area contributed by atoms with Crippen LogP contribution in [0, 0.1) is 0 Å². The number of esters is 1. The first kappa shape index (κ1) is 42.0. The van der Waals surface area contributed by atoms with Crippen LogP contribution in [0.5, 0.6) is 0 Å². The minimum Gasteiger partial charge on any atom is -0.480 e. The second kappa shape index (κ2) is 29.7. The number of carboxylic acid groups (broad SMARTS) is 1. The second-order valence-corrected chi connectivity index (χ2v) is 13.3. The van der Waals surface area contributed by atoms with Crippen LogP contribution in [0.4, 0.5) is 0 Å². The van der Waals surface area contributed by atoms with E-state index in [1.165, 1.54) is 128 Å². The molecule has 0 amide bonds. The van der Waals surface area contributed by atoms with Gasteiger partial charge in [-0.3, -0.25) is 18.6 Å². The Labute approximate surface area is 261 Å². The number of phosphoric acid groups is 1. The van der Waals surface area contributed by atoms with E-state index in [-0.39, 0.29) is 13.0 Å². The van der Waals surface area contributed by atoms with Gasteiger partial charge >= 0.3 is 19.8 Å². The maximum atomic E-state index is 11.8. The third kappa shape index (κ3) is 30.8. The lowest BCUT2D eigenvalue weighted by atomic mass is 10.0. The van der Waals surface area contributed by atoms with Gasteiger partial charge in [0.05, 0.1) is 13.2 Å². The maximum Gasteiger partial charge on any atom is 0.472 e. The summed E-state index contributed by atoms with van der Waals surface area (Å²) in [5.74, 6) is -1.84. The van der Waals surface area contributed by atoms with Crippen LogP contribution in [0.25, 0.3) is 0 Å². The van der Waals surface area contributed by atoms with Crippen LogP contribution < -0.4 is 5.73 Å². The Hall–Kier alpha value is -1.03. The molecule has 3 atom stereocenters. The van der Waals surface area contributed by atoms with Gasteiger partial charge in [-0.2, -0.15) is 0 Å². The number of rotatable bonds is 33. The predicted molar refractivity (Wildman–Crippen MR) is 171 cm³/mol. The van der Waals surface area contributed by atoms with Crippen LogP contribution in [0.2, 0.25) is 0 Å². The average molecular weight is 638 g/mol. The molecule has 0 saturated carbocycles. The van der Waals surface area contributed by atoms with Gasteiger partial charge in [0.25, 0.3) is 0 Å². The number of aliphatic hydroxyl groups excluding tert-OH is 1. The van der Waals surface area contributed by atoms with Gasteiger partial charge in [-0.05, 0) is 6.42 Å². The highest BCUT2D eigenvalue weighted by Crippen LogP contribution is 2.43. The van der Waals surface area contributed by atoms with Crippen molar-refractivity contribution in [1.82, 2.24) is 0 Å². The zero-order valence-corrected chi connectivity index (χ0v) is 28.0. The number of nitrogens with two attached hydrogens (primary N) is 1. The van der Waals surface area contributed by atoms with Crippen molar-refractivity contribution >= 4 is 19.8 Å². The third-order valence-corrected chi connectivity index (χ3v) is 8.54. The fourth-order valence-electron chi connectivity index (χ4n) is 4.83. The molecule has 0 aromatic carbocycles. The maximum absolute atomic E-state index is 11.8. The molecule has 0 aliphatic heterocycles. The second-order valence-electron chi connectivity index (χ2n) is 11.9. The number of ether oxygens (including phenoxy) is 1. The Kier molecular flexibility index (Phi) is 29.0. The molecule has 0 radical (unpaired) electrons. The van der Waals surface area contributed by atoms with Crippen molar-refractivity contribution in [3.05, 3.63) is 0 Å². The minimum absolute atomic E-state index is 0.251. The number of carboxylic acids is 1. The molecule has 0 spiro atoms. The van der Waals surface area contributed by atoms with Crippen LogP contribution >= 0.6 is 7.82 Å². The molecule has 3 unspecified atom stereocenters. The van der Waals surface area contributed by atoms with Gasteiger partial charge in [-0.15, -0.1) is 0 Å². The first-order valence-corrected chi connectivity index (χ1v) is 18.6. The summed E-state index contributed by atoms with van der Waals surface area (Å²) >= 11 is 0. The zero-order valence-electron chi connectivity index (χ0n) is 27.1. The first-order chi connectivity index (χ1) is 20.7. The molecule has 10 nitrogen and oxygen atoms in total. The van der Waals surface area contributed by atoms with E-state index < -0.39 is 45.1 Å². The number of aliphatic hydroxyl groups is 1. The summed E-state index contributed by atoms with van der Waals surface area (Å²) in [4.78, 5) is 31.9. The molecular formula is C32H64NO9P. The summed E-state index contributed by atoms with van der Waals surface area (Å²) in [5.41, 5.74) is 5.18. The normalized spacial score (nSPS) is 14.3. The molecule has 0 rings (SSSR count). The van der Waals surface area contributed by atoms with E-state index in [4.69, 9.17) is 15.6 Å². The smallest absolute Gasteiger partial charge is 0.472 e. The van der Waals surface area contributed by atoms with E-state index in [9.17, 15) is 24.2 Å². The van der Waals surface area contributed by atoms with Crippen molar-refractivity contribution in [2.45, 2.75) is 173 Å². The standard InChI is InChI=1S/C32H64NO9P/c1-2-3-4-5-6-7-8-9-10-11-12-13-14-15-16-17-18-19-20-21-22-23-24-25-31(35)40-26-29(34)27-41-43(38,39)42-28-30(33)32(36)37/h29-30,34H,2-28,33H2,1H3,(H,36,37)(H,38,39). The topological polar surface area (TPSA) is 166 Å². The molecule has 256 valence electrons.